The Labute approximate surface area is 129 Å². The maximum absolute atomic E-state index is 12.3. The normalized spacial score (nSPS) is 19.7. The van der Waals surface area contributed by atoms with Gasteiger partial charge in [0.1, 0.15) is 0 Å². The van der Waals surface area contributed by atoms with Crippen LogP contribution in [0.25, 0.3) is 0 Å². The molecule has 0 bridgehead atoms. The first-order valence-electron chi connectivity index (χ1n) is 7.25. The van der Waals surface area contributed by atoms with Gasteiger partial charge >= 0.3 is 5.97 Å². The summed E-state index contributed by atoms with van der Waals surface area (Å²) < 4.78 is 0. The molecule has 0 unspecified atom stereocenters. The topological polar surface area (TPSA) is 88.0 Å². The van der Waals surface area contributed by atoms with E-state index in [1.54, 1.807) is 6.92 Å². The van der Waals surface area contributed by atoms with E-state index in [0.717, 1.165) is 11.3 Å². The summed E-state index contributed by atoms with van der Waals surface area (Å²) in [6.07, 6.45) is 0.0520. The van der Waals surface area contributed by atoms with Crippen LogP contribution in [0.3, 0.4) is 0 Å². The molecule has 1 aliphatic rings. The van der Waals surface area contributed by atoms with Crippen LogP contribution in [-0.2, 0) is 14.4 Å². The quantitative estimate of drug-likeness (QED) is 0.840. The fourth-order valence-electron chi connectivity index (χ4n) is 2.29. The van der Waals surface area contributed by atoms with E-state index >= 15 is 0 Å². The number of hydrogen-bond donors (Lipinski definition) is 2. The number of amides is 1. The van der Waals surface area contributed by atoms with E-state index in [9.17, 15) is 9.59 Å². The van der Waals surface area contributed by atoms with Gasteiger partial charge in [-0.1, -0.05) is 42.4 Å². The number of aliphatic carboxylic acids is 1. The molecule has 118 valence electrons. The summed E-state index contributed by atoms with van der Waals surface area (Å²) >= 11 is 0. The lowest BCUT2D eigenvalue weighted by molar-refractivity contribution is -0.140. The Morgan fingerprint density at radius 3 is 2.68 bits per heavy atom. The summed E-state index contributed by atoms with van der Waals surface area (Å²) in [5, 5.41) is 15.7. The van der Waals surface area contributed by atoms with E-state index in [4.69, 9.17) is 9.94 Å². The van der Waals surface area contributed by atoms with Crippen molar-refractivity contribution in [3.05, 3.63) is 35.9 Å². The van der Waals surface area contributed by atoms with Crippen molar-refractivity contribution in [1.29, 1.82) is 0 Å². The third kappa shape index (κ3) is 3.84. The molecule has 0 aliphatic carbocycles. The fraction of sp³-hybridized carbons (Fsp3) is 0.438. The largest absolute Gasteiger partial charge is 0.481 e. The molecule has 22 heavy (non-hydrogen) atoms. The van der Waals surface area contributed by atoms with Gasteiger partial charge in [-0.25, -0.2) is 0 Å². The minimum absolute atomic E-state index is 0.131. The molecule has 2 rings (SSSR count). The highest BCUT2D eigenvalue weighted by molar-refractivity contribution is 6.04. The summed E-state index contributed by atoms with van der Waals surface area (Å²) in [6.45, 7) is 3.55. The molecule has 0 spiro atoms. The van der Waals surface area contributed by atoms with Gasteiger partial charge in [0.2, 0.25) is 6.10 Å². The summed E-state index contributed by atoms with van der Waals surface area (Å²) in [7, 11) is 0. The maximum atomic E-state index is 12.3. The number of oxime groups is 1. The highest BCUT2D eigenvalue weighted by Crippen LogP contribution is 2.20. The number of benzene rings is 1. The van der Waals surface area contributed by atoms with E-state index in [2.05, 4.69) is 10.5 Å². The first-order valence-corrected chi connectivity index (χ1v) is 7.25. The van der Waals surface area contributed by atoms with Crippen molar-refractivity contribution in [2.45, 2.75) is 44.8 Å². The number of carbonyl (C=O) groups is 2. The molecule has 0 aromatic heterocycles. The second-order valence-electron chi connectivity index (χ2n) is 5.68. The zero-order chi connectivity index (χ0) is 16.2. The molecule has 1 aliphatic heterocycles. The lowest BCUT2D eigenvalue weighted by Gasteiger charge is -2.28. The van der Waals surface area contributed by atoms with E-state index in [1.807, 2.05) is 37.3 Å². The van der Waals surface area contributed by atoms with Crippen molar-refractivity contribution in [3.8, 4) is 0 Å². The minimum atomic E-state index is -0.946. The Bertz CT molecular complexity index is 585. The van der Waals surface area contributed by atoms with E-state index in [-0.39, 0.29) is 12.3 Å². The highest BCUT2D eigenvalue weighted by atomic mass is 16.6. The van der Waals surface area contributed by atoms with Crippen molar-refractivity contribution >= 4 is 17.6 Å². The molecule has 2 atom stereocenters. The van der Waals surface area contributed by atoms with E-state index < -0.39 is 17.6 Å². The van der Waals surface area contributed by atoms with Gasteiger partial charge in [-0.3, -0.25) is 9.59 Å². The van der Waals surface area contributed by atoms with Crippen molar-refractivity contribution in [3.63, 3.8) is 0 Å². The fourth-order valence-corrected chi connectivity index (χ4v) is 2.29. The smallest absolute Gasteiger partial charge is 0.305 e. The molecule has 1 heterocycles. The second-order valence-corrected chi connectivity index (χ2v) is 5.68. The predicted octanol–water partition coefficient (Wildman–Crippen LogP) is 1.94. The van der Waals surface area contributed by atoms with Crippen LogP contribution in [0.1, 0.15) is 38.7 Å². The molecule has 1 aromatic rings. The molecule has 0 saturated carbocycles. The predicted molar refractivity (Wildman–Crippen MR) is 81.6 cm³/mol. The van der Waals surface area contributed by atoms with Crippen LogP contribution in [0, 0.1) is 0 Å². The van der Waals surface area contributed by atoms with Crippen molar-refractivity contribution in [2.24, 2.45) is 5.16 Å². The second kappa shape index (κ2) is 6.60. The minimum Gasteiger partial charge on any atom is -0.481 e. The summed E-state index contributed by atoms with van der Waals surface area (Å²) in [5.74, 6) is -1.28. The van der Waals surface area contributed by atoms with Crippen LogP contribution in [0.5, 0.6) is 0 Å². The van der Waals surface area contributed by atoms with Crippen LogP contribution < -0.4 is 5.32 Å². The highest BCUT2D eigenvalue weighted by Gasteiger charge is 2.34. The molecule has 0 radical (unpaired) electrons. The summed E-state index contributed by atoms with van der Waals surface area (Å²) in [6, 6.07) is 9.51. The van der Waals surface area contributed by atoms with Crippen molar-refractivity contribution < 1.29 is 19.5 Å². The van der Waals surface area contributed by atoms with Crippen LogP contribution in [0.4, 0.5) is 0 Å². The third-order valence-electron chi connectivity index (χ3n) is 3.82. The average Bonchev–Trinajstić information content (AvgIpc) is 2.97. The zero-order valence-electron chi connectivity index (χ0n) is 12.7. The van der Waals surface area contributed by atoms with Gasteiger partial charge in [0.05, 0.1) is 12.1 Å². The van der Waals surface area contributed by atoms with Gasteiger partial charge in [0.25, 0.3) is 5.91 Å². The number of nitrogens with one attached hydrogen (secondary N) is 1. The lowest BCUT2D eigenvalue weighted by atomic mass is 9.93. The Morgan fingerprint density at radius 2 is 2.09 bits per heavy atom. The Morgan fingerprint density at radius 1 is 1.41 bits per heavy atom. The third-order valence-corrected chi connectivity index (χ3v) is 3.82. The Kier molecular flexibility index (Phi) is 4.80. The number of rotatable bonds is 6. The van der Waals surface area contributed by atoms with Crippen LogP contribution >= 0.6 is 0 Å². The molecule has 0 saturated heterocycles. The van der Waals surface area contributed by atoms with Crippen LogP contribution in [0.15, 0.2) is 35.5 Å². The summed E-state index contributed by atoms with van der Waals surface area (Å²) in [4.78, 5) is 28.4. The zero-order valence-corrected chi connectivity index (χ0v) is 12.7. The van der Waals surface area contributed by atoms with Crippen molar-refractivity contribution in [2.75, 3.05) is 0 Å². The number of nitrogens with zero attached hydrogens (tertiary/aromatic N) is 1. The maximum Gasteiger partial charge on any atom is 0.305 e. The molecular formula is C16H20N2O4. The first-order chi connectivity index (χ1) is 10.4. The number of carboxylic acid groups (broad SMARTS) is 1. The average molecular weight is 304 g/mol. The Hall–Kier alpha value is -2.37. The Balaban J connectivity index is 1.97. The molecule has 0 fully saturated rings. The van der Waals surface area contributed by atoms with Gasteiger partial charge in [0, 0.05) is 12.0 Å². The van der Waals surface area contributed by atoms with Crippen LogP contribution in [0.2, 0.25) is 0 Å². The van der Waals surface area contributed by atoms with Crippen molar-refractivity contribution in [1.82, 2.24) is 5.32 Å². The molecule has 6 heteroatoms. The summed E-state index contributed by atoms with van der Waals surface area (Å²) in [5.41, 5.74) is 0.848. The van der Waals surface area contributed by atoms with Crippen LogP contribution in [-0.4, -0.2) is 34.3 Å². The van der Waals surface area contributed by atoms with E-state index in [0.29, 0.717) is 12.8 Å². The van der Waals surface area contributed by atoms with Gasteiger partial charge in [-0.15, -0.1) is 0 Å². The number of hydrogen-bond acceptors (Lipinski definition) is 4. The number of carboxylic acids is 1. The SMILES string of the molecule is CC[C@@](C)(CC(=O)O)NC(=O)[C@H]1CC(c2ccccc2)=NO1. The molecule has 1 amide bonds. The van der Waals surface area contributed by atoms with Gasteiger partial charge in [0.15, 0.2) is 0 Å². The number of carbonyl (C=O) groups excluding carboxylic acids is 1. The standard InChI is InChI=1S/C16H20N2O4/c1-3-16(2,10-14(19)20)17-15(21)13-9-12(18-22-13)11-7-5-4-6-8-11/h4-8,13H,3,9-10H2,1-2H3,(H,17,21)(H,19,20)/t13-,16+/m1/s1. The molecule has 2 N–H and O–H groups in total. The molecular weight excluding hydrogens is 284 g/mol. The molecule has 1 aromatic carbocycles. The van der Waals surface area contributed by atoms with Gasteiger partial charge in [-0.2, -0.15) is 0 Å². The first kappa shape index (κ1) is 16.0. The van der Waals surface area contributed by atoms with Gasteiger partial charge in [-0.05, 0) is 18.9 Å². The van der Waals surface area contributed by atoms with E-state index in [1.165, 1.54) is 0 Å². The molecule has 6 nitrogen and oxygen atoms in total. The monoisotopic (exact) mass is 304 g/mol. The lowest BCUT2D eigenvalue weighted by Crippen LogP contribution is -2.50. The van der Waals surface area contributed by atoms with Gasteiger partial charge < -0.3 is 15.3 Å².